The fourth-order valence-electron chi connectivity index (χ4n) is 1.42. The largest absolute Gasteiger partial charge is 0.224 e. The molecule has 0 aromatic carbocycles. The molecule has 0 radical (unpaired) electrons. The van der Waals surface area contributed by atoms with Crippen molar-refractivity contribution in [1.29, 1.82) is 0 Å². The van der Waals surface area contributed by atoms with Crippen LogP contribution in [-0.4, -0.2) is 20.2 Å². The van der Waals surface area contributed by atoms with E-state index in [1.165, 1.54) is 19.3 Å². The highest BCUT2D eigenvalue weighted by atomic mass is 15.6. The van der Waals surface area contributed by atoms with Gasteiger partial charge in [0.25, 0.3) is 0 Å². The van der Waals surface area contributed by atoms with Gasteiger partial charge in [0, 0.05) is 6.42 Å². The van der Waals surface area contributed by atoms with Crippen LogP contribution in [0.25, 0.3) is 0 Å². The molecule has 4 nitrogen and oxygen atoms in total. The molecule has 14 heavy (non-hydrogen) atoms. The zero-order valence-corrected chi connectivity index (χ0v) is 9.62. The van der Waals surface area contributed by atoms with Crippen molar-refractivity contribution in [2.45, 2.75) is 58.9 Å². The molecule has 0 aliphatic heterocycles. The number of unbranched alkanes of at least 4 members (excludes halogenated alkanes) is 2. The van der Waals surface area contributed by atoms with E-state index in [0.717, 1.165) is 12.2 Å². The number of aromatic nitrogens is 4. The van der Waals surface area contributed by atoms with Gasteiger partial charge in [-0.3, -0.25) is 0 Å². The fourth-order valence-corrected chi connectivity index (χ4v) is 1.42. The van der Waals surface area contributed by atoms with E-state index in [1.807, 2.05) is 4.68 Å². The Bertz CT molecular complexity index is 272. The molecular weight excluding hydrogens is 176 g/mol. The highest BCUT2D eigenvalue weighted by Crippen LogP contribution is 2.14. The van der Waals surface area contributed by atoms with Gasteiger partial charge in [0.2, 0.25) is 0 Å². The third kappa shape index (κ3) is 2.79. The van der Waals surface area contributed by atoms with Gasteiger partial charge in [-0.2, -0.15) is 0 Å². The summed E-state index contributed by atoms with van der Waals surface area (Å²) in [6, 6.07) is 0. The van der Waals surface area contributed by atoms with E-state index in [-0.39, 0.29) is 5.54 Å². The molecule has 1 heterocycles. The van der Waals surface area contributed by atoms with Gasteiger partial charge in [0.15, 0.2) is 5.82 Å². The third-order valence-electron chi connectivity index (χ3n) is 2.17. The van der Waals surface area contributed by atoms with Crippen LogP contribution in [0.3, 0.4) is 0 Å². The summed E-state index contributed by atoms with van der Waals surface area (Å²) < 4.78 is 1.92. The van der Waals surface area contributed by atoms with Crippen molar-refractivity contribution >= 4 is 0 Å². The van der Waals surface area contributed by atoms with Gasteiger partial charge in [0.1, 0.15) is 0 Å². The predicted molar refractivity (Wildman–Crippen MR) is 56.0 cm³/mol. The highest BCUT2D eigenvalue weighted by Gasteiger charge is 2.18. The molecule has 0 unspecified atom stereocenters. The average Bonchev–Trinajstić information content (AvgIpc) is 2.52. The van der Waals surface area contributed by atoms with Crippen molar-refractivity contribution in [1.82, 2.24) is 20.2 Å². The number of aryl methyl sites for hydroxylation is 1. The van der Waals surface area contributed by atoms with E-state index in [2.05, 4.69) is 43.2 Å². The Balaban J connectivity index is 2.63. The predicted octanol–water partition coefficient (Wildman–Crippen LogP) is 2.16. The van der Waals surface area contributed by atoms with E-state index in [0.29, 0.717) is 0 Å². The van der Waals surface area contributed by atoms with Crippen LogP contribution in [0, 0.1) is 0 Å². The summed E-state index contributed by atoms with van der Waals surface area (Å²) in [6.07, 6.45) is 4.64. The Hall–Kier alpha value is -0.930. The Labute approximate surface area is 85.7 Å². The third-order valence-corrected chi connectivity index (χ3v) is 2.17. The normalized spacial score (nSPS) is 12.0. The number of nitrogens with zero attached hydrogens (tertiary/aromatic N) is 4. The quantitative estimate of drug-likeness (QED) is 0.693. The summed E-state index contributed by atoms with van der Waals surface area (Å²) in [6.45, 7) is 8.55. The second-order valence-electron chi connectivity index (χ2n) is 4.63. The summed E-state index contributed by atoms with van der Waals surface area (Å²) in [5, 5.41) is 11.8. The van der Waals surface area contributed by atoms with E-state index in [4.69, 9.17) is 0 Å². The van der Waals surface area contributed by atoms with Gasteiger partial charge in [-0.15, -0.1) is 5.10 Å². The minimum Gasteiger partial charge on any atom is -0.224 e. The van der Waals surface area contributed by atoms with Crippen LogP contribution in [0.2, 0.25) is 0 Å². The van der Waals surface area contributed by atoms with Crippen molar-refractivity contribution in [2.24, 2.45) is 0 Å². The van der Waals surface area contributed by atoms with Gasteiger partial charge >= 0.3 is 0 Å². The number of rotatable bonds is 4. The van der Waals surface area contributed by atoms with Crippen molar-refractivity contribution < 1.29 is 0 Å². The Kier molecular flexibility index (Phi) is 3.61. The molecular formula is C10H20N4. The van der Waals surface area contributed by atoms with Crippen LogP contribution < -0.4 is 0 Å². The van der Waals surface area contributed by atoms with Crippen LogP contribution >= 0.6 is 0 Å². The summed E-state index contributed by atoms with van der Waals surface area (Å²) >= 11 is 0. The lowest BCUT2D eigenvalue weighted by Crippen LogP contribution is -2.25. The summed E-state index contributed by atoms with van der Waals surface area (Å²) in [5.74, 6) is 1.01. The molecule has 0 fully saturated rings. The first-order valence-corrected chi connectivity index (χ1v) is 5.33. The second kappa shape index (κ2) is 4.53. The molecule has 1 rings (SSSR count). The number of tetrazole rings is 1. The Morgan fingerprint density at radius 3 is 2.50 bits per heavy atom. The van der Waals surface area contributed by atoms with Gasteiger partial charge in [-0.05, 0) is 37.6 Å². The molecule has 0 bridgehead atoms. The van der Waals surface area contributed by atoms with Crippen LogP contribution in [0.1, 0.15) is 52.8 Å². The molecule has 0 aliphatic rings. The average molecular weight is 196 g/mol. The second-order valence-corrected chi connectivity index (χ2v) is 4.63. The van der Waals surface area contributed by atoms with E-state index < -0.39 is 0 Å². The van der Waals surface area contributed by atoms with Crippen molar-refractivity contribution in [3.63, 3.8) is 0 Å². The van der Waals surface area contributed by atoms with Crippen LogP contribution in [0.5, 0.6) is 0 Å². The summed E-state index contributed by atoms with van der Waals surface area (Å²) in [7, 11) is 0. The van der Waals surface area contributed by atoms with Crippen LogP contribution in [-0.2, 0) is 12.0 Å². The van der Waals surface area contributed by atoms with Crippen LogP contribution in [0.15, 0.2) is 0 Å². The lowest BCUT2D eigenvalue weighted by atomic mass is 10.1. The molecule has 0 aliphatic carbocycles. The maximum atomic E-state index is 4.06. The molecule has 0 spiro atoms. The summed E-state index contributed by atoms with van der Waals surface area (Å²) in [4.78, 5) is 0. The zero-order chi connectivity index (χ0) is 10.6. The molecule has 1 aromatic rings. The zero-order valence-electron chi connectivity index (χ0n) is 9.62. The molecule has 1 aromatic heterocycles. The van der Waals surface area contributed by atoms with Crippen molar-refractivity contribution in [3.8, 4) is 0 Å². The first-order chi connectivity index (χ1) is 6.55. The minimum absolute atomic E-state index is 0.00888. The maximum absolute atomic E-state index is 4.06. The maximum Gasteiger partial charge on any atom is 0.151 e. The first-order valence-electron chi connectivity index (χ1n) is 5.33. The Morgan fingerprint density at radius 2 is 1.93 bits per heavy atom. The van der Waals surface area contributed by atoms with Gasteiger partial charge < -0.3 is 0 Å². The van der Waals surface area contributed by atoms with Gasteiger partial charge in [-0.1, -0.05) is 19.8 Å². The summed E-state index contributed by atoms with van der Waals surface area (Å²) in [5.41, 5.74) is -0.00888. The lowest BCUT2D eigenvalue weighted by molar-refractivity contribution is 0.333. The monoisotopic (exact) mass is 196 g/mol. The van der Waals surface area contributed by atoms with E-state index >= 15 is 0 Å². The molecule has 0 atom stereocenters. The first kappa shape index (κ1) is 11.1. The van der Waals surface area contributed by atoms with Gasteiger partial charge in [-0.25, -0.2) is 4.68 Å². The van der Waals surface area contributed by atoms with Gasteiger partial charge in [0.05, 0.1) is 5.54 Å². The standard InChI is InChI=1S/C10H20N4/c1-5-6-7-8-9-11-12-13-14(9)10(2,3)4/h5-8H2,1-4H3. The highest BCUT2D eigenvalue weighted by molar-refractivity contribution is 4.86. The molecule has 0 saturated heterocycles. The smallest absolute Gasteiger partial charge is 0.151 e. The van der Waals surface area contributed by atoms with Crippen molar-refractivity contribution in [3.05, 3.63) is 5.82 Å². The minimum atomic E-state index is -0.00888. The topological polar surface area (TPSA) is 43.6 Å². The Morgan fingerprint density at radius 1 is 1.21 bits per heavy atom. The van der Waals surface area contributed by atoms with Crippen molar-refractivity contribution in [2.75, 3.05) is 0 Å². The number of hydrogen-bond donors (Lipinski definition) is 0. The van der Waals surface area contributed by atoms with Crippen LogP contribution in [0.4, 0.5) is 0 Å². The van der Waals surface area contributed by atoms with E-state index in [1.54, 1.807) is 0 Å². The molecule has 4 heteroatoms. The fraction of sp³-hybridized carbons (Fsp3) is 0.900. The lowest BCUT2D eigenvalue weighted by Gasteiger charge is -2.19. The molecule has 0 amide bonds. The molecule has 0 saturated carbocycles. The van der Waals surface area contributed by atoms with E-state index in [9.17, 15) is 0 Å². The molecule has 80 valence electrons. The number of hydrogen-bond acceptors (Lipinski definition) is 3. The molecule has 0 N–H and O–H groups in total. The SMILES string of the molecule is CCCCCc1nnnn1C(C)(C)C.